The summed E-state index contributed by atoms with van der Waals surface area (Å²) in [6.45, 7) is 3.81. The van der Waals surface area contributed by atoms with Gasteiger partial charge in [0.25, 0.3) is 0 Å². The van der Waals surface area contributed by atoms with Gasteiger partial charge >= 0.3 is 5.97 Å². The molecule has 5 heteroatoms. The third kappa shape index (κ3) is 2.06. The Bertz CT molecular complexity index is 487. The maximum absolute atomic E-state index is 13.7. The second-order valence-electron chi connectivity index (χ2n) is 5.27. The first-order chi connectivity index (χ1) is 8.32. The number of hydrogen-bond acceptors (Lipinski definition) is 3. The predicted octanol–water partition coefficient (Wildman–Crippen LogP) is 2.10. The molecule has 2 rings (SSSR count). The highest BCUT2D eigenvalue weighted by Crippen LogP contribution is 2.42. The van der Waals surface area contributed by atoms with Crippen LogP contribution in [0.15, 0.2) is 18.2 Å². The standard InChI is InChI=1S/C13H16FNO3/c1-13(2)10(6-11(13)16)15-9-4-3-7(12(17)18)5-8(9)14/h3-5,10-11,15-16H,6H2,1-2H3,(H,17,18). The molecule has 18 heavy (non-hydrogen) atoms. The van der Waals surface area contributed by atoms with Crippen molar-refractivity contribution in [3.8, 4) is 0 Å². The van der Waals surface area contributed by atoms with Gasteiger partial charge in [0.2, 0.25) is 0 Å². The third-order valence-corrected chi connectivity index (χ3v) is 3.76. The van der Waals surface area contributed by atoms with Gasteiger partial charge in [-0.3, -0.25) is 0 Å². The summed E-state index contributed by atoms with van der Waals surface area (Å²) in [5, 5.41) is 21.3. The molecule has 0 spiro atoms. The fraction of sp³-hybridized carbons (Fsp3) is 0.462. The van der Waals surface area contributed by atoms with Crippen molar-refractivity contribution in [2.45, 2.75) is 32.4 Å². The van der Waals surface area contributed by atoms with E-state index >= 15 is 0 Å². The Hall–Kier alpha value is -1.62. The molecular formula is C13H16FNO3. The number of benzene rings is 1. The van der Waals surface area contributed by atoms with Crippen LogP contribution in [0, 0.1) is 11.2 Å². The lowest BCUT2D eigenvalue weighted by Crippen LogP contribution is -2.57. The monoisotopic (exact) mass is 253 g/mol. The van der Waals surface area contributed by atoms with Crippen molar-refractivity contribution in [3.63, 3.8) is 0 Å². The maximum Gasteiger partial charge on any atom is 0.335 e. The number of carboxylic acid groups (broad SMARTS) is 1. The van der Waals surface area contributed by atoms with Crippen LogP contribution in [0.5, 0.6) is 0 Å². The third-order valence-electron chi connectivity index (χ3n) is 3.76. The molecule has 1 saturated carbocycles. The zero-order valence-corrected chi connectivity index (χ0v) is 10.3. The molecular weight excluding hydrogens is 237 g/mol. The van der Waals surface area contributed by atoms with Crippen molar-refractivity contribution < 1.29 is 19.4 Å². The van der Waals surface area contributed by atoms with E-state index in [1.807, 2.05) is 13.8 Å². The van der Waals surface area contributed by atoms with Crippen molar-refractivity contribution in [2.24, 2.45) is 5.41 Å². The molecule has 1 aliphatic rings. The van der Waals surface area contributed by atoms with E-state index in [1.165, 1.54) is 12.1 Å². The molecule has 0 radical (unpaired) electrons. The summed E-state index contributed by atoms with van der Waals surface area (Å²) in [4.78, 5) is 10.7. The lowest BCUT2D eigenvalue weighted by molar-refractivity contribution is -0.0511. The van der Waals surface area contributed by atoms with Crippen LogP contribution in [0.4, 0.5) is 10.1 Å². The van der Waals surface area contributed by atoms with Gasteiger partial charge in [-0.1, -0.05) is 13.8 Å². The Kier molecular flexibility index (Phi) is 3.02. The van der Waals surface area contributed by atoms with Gasteiger partial charge in [-0.2, -0.15) is 0 Å². The quantitative estimate of drug-likeness (QED) is 0.771. The maximum atomic E-state index is 13.7. The second-order valence-corrected chi connectivity index (χ2v) is 5.27. The average molecular weight is 253 g/mol. The van der Waals surface area contributed by atoms with Gasteiger partial charge in [-0.05, 0) is 24.6 Å². The first kappa shape index (κ1) is 12.8. The molecule has 0 aliphatic heterocycles. The smallest absolute Gasteiger partial charge is 0.335 e. The van der Waals surface area contributed by atoms with Crippen molar-refractivity contribution in [1.82, 2.24) is 0 Å². The minimum atomic E-state index is -1.15. The fourth-order valence-electron chi connectivity index (χ4n) is 2.10. The van der Waals surface area contributed by atoms with Crippen molar-refractivity contribution in [3.05, 3.63) is 29.6 Å². The van der Waals surface area contributed by atoms with Gasteiger partial charge in [-0.25, -0.2) is 9.18 Å². The van der Waals surface area contributed by atoms with Gasteiger partial charge in [0.05, 0.1) is 17.4 Å². The number of aromatic carboxylic acids is 1. The number of aliphatic hydroxyl groups excluding tert-OH is 1. The van der Waals surface area contributed by atoms with E-state index in [2.05, 4.69) is 5.32 Å². The van der Waals surface area contributed by atoms with Gasteiger partial charge in [0.1, 0.15) is 5.82 Å². The van der Waals surface area contributed by atoms with E-state index in [0.717, 1.165) is 6.07 Å². The summed E-state index contributed by atoms with van der Waals surface area (Å²) in [5.74, 6) is -1.74. The summed E-state index contributed by atoms with van der Waals surface area (Å²) in [6.07, 6.45) is 0.170. The van der Waals surface area contributed by atoms with Crippen LogP contribution in [0.25, 0.3) is 0 Å². The van der Waals surface area contributed by atoms with Crippen LogP contribution in [-0.2, 0) is 0 Å². The Morgan fingerprint density at radius 3 is 2.61 bits per heavy atom. The molecule has 4 nitrogen and oxygen atoms in total. The van der Waals surface area contributed by atoms with E-state index in [4.69, 9.17) is 5.11 Å². The minimum Gasteiger partial charge on any atom is -0.478 e. The number of hydrogen-bond donors (Lipinski definition) is 3. The molecule has 0 bridgehead atoms. The van der Waals surface area contributed by atoms with E-state index < -0.39 is 17.9 Å². The zero-order chi connectivity index (χ0) is 13.5. The molecule has 2 unspecified atom stereocenters. The SMILES string of the molecule is CC1(C)C(O)CC1Nc1ccc(C(=O)O)cc1F. The predicted molar refractivity (Wildman–Crippen MR) is 65.2 cm³/mol. The highest BCUT2D eigenvalue weighted by Gasteiger charge is 2.47. The lowest BCUT2D eigenvalue weighted by Gasteiger charge is -2.49. The largest absolute Gasteiger partial charge is 0.478 e. The van der Waals surface area contributed by atoms with E-state index in [1.54, 1.807) is 0 Å². The molecule has 1 fully saturated rings. The Morgan fingerprint density at radius 2 is 2.17 bits per heavy atom. The van der Waals surface area contributed by atoms with Crippen LogP contribution in [0.2, 0.25) is 0 Å². The Labute approximate surface area is 104 Å². The van der Waals surface area contributed by atoms with Crippen molar-refractivity contribution in [2.75, 3.05) is 5.32 Å². The fourth-order valence-corrected chi connectivity index (χ4v) is 2.10. The zero-order valence-electron chi connectivity index (χ0n) is 10.3. The summed E-state index contributed by atoms with van der Waals surface area (Å²) < 4.78 is 13.7. The number of carbonyl (C=O) groups is 1. The lowest BCUT2D eigenvalue weighted by atomic mass is 9.64. The molecule has 0 heterocycles. The second kappa shape index (κ2) is 4.24. The van der Waals surface area contributed by atoms with Gasteiger partial charge < -0.3 is 15.5 Å². The van der Waals surface area contributed by atoms with Crippen LogP contribution < -0.4 is 5.32 Å². The number of aliphatic hydroxyl groups is 1. The van der Waals surface area contributed by atoms with E-state index in [-0.39, 0.29) is 22.7 Å². The summed E-state index contributed by atoms with van der Waals surface area (Å²) in [5.41, 5.74) is -0.117. The van der Waals surface area contributed by atoms with Crippen molar-refractivity contribution in [1.29, 1.82) is 0 Å². The first-order valence-corrected chi connectivity index (χ1v) is 5.80. The topological polar surface area (TPSA) is 69.6 Å². The van der Waals surface area contributed by atoms with Crippen LogP contribution in [0.3, 0.4) is 0 Å². The number of nitrogens with one attached hydrogen (secondary N) is 1. The summed E-state index contributed by atoms with van der Waals surface area (Å²) in [6, 6.07) is 3.75. The van der Waals surface area contributed by atoms with Gasteiger partial charge in [-0.15, -0.1) is 0 Å². The van der Waals surface area contributed by atoms with E-state index in [0.29, 0.717) is 6.42 Å². The molecule has 1 aromatic rings. The Morgan fingerprint density at radius 1 is 1.50 bits per heavy atom. The highest BCUT2D eigenvalue weighted by atomic mass is 19.1. The summed E-state index contributed by atoms with van der Waals surface area (Å²) >= 11 is 0. The van der Waals surface area contributed by atoms with Gasteiger partial charge in [0.15, 0.2) is 0 Å². The molecule has 0 amide bonds. The number of halogens is 1. The molecule has 1 aliphatic carbocycles. The molecule has 3 N–H and O–H groups in total. The Balaban J connectivity index is 2.14. The molecule has 0 saturated heterocycles. The number of anilines is 1. The number of carboxylic acids is 1. The van der Waals surface area contributed by atoms with Crippen molar-refractivity contribution >= 4 is 11.7 Å². The van der Waals surface area contributed by atoms with E-state index in [9.17, 15) is 14.3 Å². The minimum absolute atomic E-state index is 0.0160. The number of rotatable bonds is 3. The summed E-state index contributed by atoms with van der Waals surface area (Å²) in [7, 11) is 0. The normalized spacial score (nSPS) is 25.3. The van der Waals surface area contributed by atoms with Crippen LogP contribution >= 0.6 is 0 Å². The molecule has 1 aromatic carbocycles. The average Bonchev–Trinajstić information content (AvgIpc) is 2.30. The molecule has 98 valence electrons. The molecule has 0 aromatic heterocycles. The van der Waals surface area contributed by atoms with Crippen LogP contribution in [-0.4, -0.2) is 28.3 Å². The first-order valence-electron chi connectivity index (χ1n) is 5.80. The van der Waals surface area contributed by atoms with Gasteiger partial charge in [0, 0.05) is 11.5 Å². The van der Waals surface area contributed by atoms with Crippen LogP contribution in [0.1, 0.15) is 30.6 Å². The molecule has 2 atom stereocenters. The highest BCUT2D eigenvalue weighted by molar-refractivity contribution is 5.88.